The molecule has 2 aromatic carbocycles. The molecule has 0 saturated carbocycles. The number of nitrogens with one attached hydrogen (secondary N) is 1. The number of hydrogen-bond acceptors (Lipinski definition) is 2. The molecule has 114 valence electrons. The maximum absolute atomic E-state index is 12.0. The van der Waals surface area contributed by atoms with Gasteiger partial charge in [-0.2, -0.15) is 0 Å². The number of carbonyl (C=O) groups excluding carboxylic acids is 1. The van der Waals surface area contributed by atoms with Crippen LogP contribution in [0, 0.1) is 0 Å². The Hall–Kier alpha value is -2.29. The maximum atomic E-state index is 12.0. The monoisotopic (exact) mass is 294 g/mol. The van der Waals surface area contributed by atoms with Crippen molar-refractivity contribution in [2.75, 3.05) is 12.3 Å². The van der Waals surface area contributed by atoms with Crippen molar-refractivity contribution < 1.29 is 4.79 Å². The SMILES string of the molecule is Nc1ccccc1CCC(=O)NCC1CCc2ccccc21. The zero-order valence-electron chi connectivity index (χ0n) is 12.7. The second-order valence-electron chi connectivity index (χ2n) is 5.94. The Morgan fingerprint density at radius 1 is 1.14 bits per heavy atom. The third kappa shape index (κ3) is 3.30. The van der Waals surface area contributed by atoms with Crippen molar-refractivity contribution in [1.29, 1.82) is 0 Å². The number of para-hydroxylation sites is 1. The molecule has 0 saturated heterocycles. The molecule has 2 aromatic rings. The molecule has 1 atom stereocenters. The number of fused-ring (bicyclic) bond motifs is 1. The standard InChI is InChI=1S/C19H22N2O/c20-18-8-4-2-6-15(18)11-12-19(22)21-13-16-10-9-14-5-1-3-7-17(14)16/h1-8,16H,9-13,20H2,(H,21,22). The summed E-state index contributed by atoms with van der Waals surface area (Å²) in [7, 11) is 0. The fourth-order valence-corrected chi connectivity index (χ4v) is 3.19. The van der Waals surface area contributed by atoms with Gasteiger partial charge in [-0.25, -0.2) is 0 Å². The van der Waals surface area contributed by atoms with Crippen LogP contribution >= 0.6 is 0 Å². The molecule has 0 fully saturated rings. The average molecular weight is 294 g/mol. The molecule has 1 aliphatic carbocycles. The molecule has 0 aliphatic heterocycles. The van der Waals surface area contributed by atoms with Gasteiger partial charge in [0.15, 0.2) is 0 Å². The maximum Gasteiger partial charge on any atom is 0.220 e. The normalized spacial score (nSPS) is 16.3. The van der Waals surface area contributed by atoms with E-state index in [1.807, 2.05) is 24.3 Å². The molecule has 22 heavy (non-hydrogen) atoms. The highest BCUT2D eigenvalue weighted by molar-refractivity contribution is 5.76. The van der Waals surface area contributed by atoms with Crippen LogP contribution in [0.2, 0.25) is 0 Å². The number of hydrogen-bond donors (Lipinski definition) is 2. The van der Waals surface area contributed by atoms with Crippen molar-refractivity contribution in [1.82, 2.24) is 5.32 Å². The van der Waals surface area contributed by atoms with E-state index in [-0.39, 0.29) is 5.91 Å². The molecule has 0 bridgehead atoms. The first-order valence-electron chi connectivity index (χ1n) is 7.92. The quantitative estimate of drug-likeness (QED) is 0.833. The Kier molecular flexibility index (Phi) is 4.42. The van der Waals surface area contributed by atoms with Gasteiger partial charge in [-0.1, -0.05) is 42.5 Å². The van der Waals surface area contributed by atoms with E-state index in [1.54, 1.807) is 0 Å². The van der Waals surface area contributed by atoms with Gasteiger partial charge in [-0.05, 0) is 42.0 Å². The van der Waals surface area contributed by atoms with Gasteiger partial charge >= 0.3 is 0 Å². The second-order valence-corrected chi connectivity index (χ2v) is 5.94. The lowest BCUT2D eigenvalue weighted by Gasteiger charge is -2.13. The fourth-order valence-electron chi connectivity index (χ4n) is 3.19. The first kappa shape index (κ1) is 14.6. The molecule has 0 aromatic heterocycles. The topological polar surface area (TPSA) is 55.1 Å². The van der Waals surface area contributed by atoms with Gasteiger partial charge in [0, 0.05) is 24.6 Å². The molecule has 3 rings (SSSR count). The molecule has 0 spiro atoms. The summed E-state index contributed by atoms with van der Waals surface area (Å²) in [5, 5.41) is 3.08. The molecule has 0 heterocycles. The summed E-state index contributed by atoms with van der Waals surface area (Å²) in [5.74, 6) is 0.564. The van der Waals surface area contributed by atoms with Crippen LogP contribution in [-0.2, 0) is 17.6 Å². The summed E-state index contributed by atoms with van der Waals surface area (Å²) in [5.41, 5.74) is 10.5. The van der Waals surface area contributed by atoms with Crippen LogP contribution in [0.1, 0.15) is 35.4 Å². The van der Waals surface area contributed by atoms with Gasteiger partial charge in [0.2, 0.25) is 5.91 Å². The molecule has 1 unspecified atom stereocenters. The number of nitrogen functional groups attached to an aromatic ring is 1. The van der Waals surface area contributed by atoms with E-state index in [1.165, 1.54) is 11.1 Å². The lowest BCUT2D eigenvalue weighted by Crippen LogP contribution is -2.28. The van der Waals surface area contributed by atoms with E-state index in [0.29, 0.717) is 18.8 Å². The van der Waals surface area contributed by atoms with Crippen molar-refractivity contribution in [3.8, 4) is 0 Å². The summed E-state index contributed by atoms with van der Waals surface area (Å²) in [6.45, 7) is 0.736. The lowest BCUT2D eigenvalue weighted by atomic mass is 10.0. The number of aryl methyl sites for hydroxylation is 2. The Balaban J connectivity index is 1.48. The minimum atomic E-state index is 0.104. The number of nitrogens with two attached hydrogens (primary N) is 1. The van der Waals surface area contributed by atoms with Crippen LogP contribution in [0.3, 0.4) is 0 Å². The van der Waals surface area contributed by atoms with Crippen LogP contribution < -0.4 is 11.1 Å². The van der Waals surface area contributed by atoms with Crippen LogP contribution in [0.25, 0.3) is 0 Å². The van der Waals surface area contributed by atoms with Crippen molar-refractivity contribution in [2.24, 2.45) is 0 Å². The van der Waals surface area contributed by atoms with Crippen LogP contribution in [0.15, 0.2) is 48.5 Å². The lowest BCUT2D eigenvalue weighted by molar-refractivity contribution is -0.121. The average Bonchev–Trinajstić information content (AvgIpc) is 2.95. The van der Waals surface area contributed by atoms with Gasteiger partial charge in [0.1, 0.15) is 0 Å². The van der Waals surface area contributed by atoms with E-state index in [2.05, 4.69) is 29.6 Å². The van der Waals surface area contributed by atoms with Gasteiger partial charge in [-0.15, -0.1) is 0 Å². The predicted octanol–water partition coefficient (Wildman–Crippen LogP) is 3.05. The largest absolute Gasteiger partial charge is 0.399 e. The zero-order valence-corrected chi connectivity index (χ0v) is 12.7. The molecule has 3 nitrogen and oxygen atoms in total. The van der Waals surface area contributed by atoms with Gasteiger partial charge in [-0.3, -0.25) is 4.79 Å². The zero-order chi connectivity index (χ0) is 15.4. The Labute approximate surface area is 131 Å². The highest BCUT2D eigenvalue weighted by Crippen LogP contribution is 2.32. The Morgan fingerprint density at radius 2 is 1.91 bits per heavy atom. The molecule has 1 aliphatic rings. The van der Waals surface area contributed by atoms with E-state index in [9.17, 15) is 4.79 Å². The molecule has 1 amide bonds. The molecule has 0 radical (unpaired) electrons. The van der Waals surface area contributed by atoms with Gasteiger partial charge in [0.05, 0.1) is 0 Å². The van der Waals surface area contributed by atoms with Crippen molar-refractivity contribution in [3.63, 3.8) is 0 Å². The van der Waals surface area contributed by atoms with Crippen LogP contribution in [0.5, 0.6) is 0 Å². The Bertz CT molecular complexity index is 666. The number of benzene rings is 2. The minimum Gasteiger partial charge on any atom is -0.399 e. The van der Waals surface area contributed by atoms with Crippen molar-refractivity contribution in [3.05, 3.63) is 65.2 Å². The Morgan fingerprint density at radius 3 is 2.77 bits per heavy atom. The summed E-state index contributed by atoms with van der Waals surface area (Å²) in [6.07, 6.45) is 3.44. The first-order chi connectivity index (χ1) is 10.7. The number of anilines is 1. The minimum absolute atomic E-state index is 0.104. The highest BCUT2D eigenvalue weighted by Gasteiger charge is 2.22. The molecular weight excluding hydrogens is 272 g/mol. The summed E-state index contributed by atoms with van der Waals surface area (Å²) < 4.78 is 0. The summed E-state index contributed by atoms with van der Waals surface area (Å²) >= 11 is 0. The van der Waals surface area contributed by atoms with Gasteiger partial charge in [0.25, 0.3) is 0 Å². The van der Waals surface area contributed by atoms with E-state index < -0.39 is 0 Å². The third-order valence-corrected chi connectivity index (χ3v) is 4.48. The fraction of sp³-hybridized carbons (Fsp3) is 0.316. The summed E-state index contributed by atoms with van der Waals surface area (Å²) in [6, 6.07) is 16.3. The highest BCUT2D eigenvalue weighted by atomic mass is 16.1. The third-order valence-electron chi connectivity index (χ3n) is 4.48. The van der Waals surface area contributed by atoms with Crippen LogP contribution in [0.4, 0.5) is 5.69 Å². The van der Waals surface area contributed by atoms with E-state index >= 15 is 0 Å². The van der Waals surface area contributed by atoms with Crippen LogP contribution in [-0.4, -0.2) is 12.5 Å². The molecular formula is C19H22N2O. The molecule has 3 heteroatoms. The number of amides is 1. The van der Waals surface area contributed by atoms with Crippen molar-refractivity contribution >= 4 is 11.6 Å². The smallest absolute Gasteiger partial charge is 0.220 e. The van der Waals surface area contributed by atoms with Gasteiger partial charge < -0.3 is 11.1 Å². The molecule has 3 N–H and O–H groups in total. The predicted molar refractivity (Wildman–Crippen MR) is 89.7 cm³/mol. The summed E-state index contributed by atoms with van der Waals surface area (Å²) in [4.78, 5) is 12.0. The number of carbonyl (C=O) groups is 1. The first-order valence-corrected chi connectivity index (χ1v) is 7.92. The van der Waals surface area contributed by atoms with E-state index in [0.717, 1.165) is 30.6 Å². The second kappa shape index (κ2) is 6.65. The number of rotatable bonds is 5. The van der Waals surface area contributed by atoms with E-state index in [4.69, 9.17) is 5.73 Å². The van der Waals surface area contributed by atoms with Crippen molar-refractivity contribution in [2.45, 2.75) is 31.6 Å².